The molecule has 0 amide bonds. The molecule has 1 N–H and O–H groups in total. The Balaban J connectivity index is 1.86. The van der Waals surface area contributed by atoms with E-state index in [2.05, 4.69) is 28.2 Å². The third-order valence-electron chi connectivity index (χ3n) is 3.91. The second-order valence-electron chi connectivity index (χ2n) is 5.30. The van der Waals surface area contributed by atoms with Gasteiger partial charge in [-0.1, -0.05) is 18.2 Å². The Hall–Kier alpha value is -2.30. The van der Waals surface area contributed by atoms with Crippen LogP contribution in [0.15, 0.2) is 30.3 Å². The van der Waals surface area contributed by atoms with Crippen molar-refractivity contribution < 1.29 is 9.90 Å². The van der Waals surface area contributed by atoms with Crippen molar-refractivity contribution in [3.63, 3.8) is 0 Å². The van der Waals surface area contributed by atoms with Crippen LogP contribution in [0.1, 0.15) is 35.1 Å². The molecular formula is C16H19N3O2. The van der Waals surface area contributed by atoms with Gasteiger partial charge in [-0.25, -0.2) is 4.79 Å². The fraction of sp³-hybridized carbons (Fsp3) is 0.375. The molecule has 5 heteroatoms. The van der Waals surface area contributed by atoms with Gasteiger partial charge >= 0.3 is 5.97 Å². The topological polar surface area (TPSA) is 58.4 Å². The fourth-order valence-corrected chi connectivity index (χ4v) is 2.93. The van der Waals surface area contributed by atoms with Gasteiger partial charge in [0, 0.05) is 18.8 Å². The number of nitrogens with zero attached hydrogens (tertiary/aromatic N) is 3. The van der Waals surface area contributed by atoms with Crippen molar-refractivity contribution in [1.82, 2.24) is 9.78 Å². The molecule has 0 atom stereocenters. The van der Waals surface area contributed by atoms with E-state index in [-0.39, 0.29) is 5.69 Å². The molecule has 21 heavy (non-hydrogen) atoms. The van der Waals surface area contributed by atoms with Crippen molar-refractivity contribution in [3.05, 3.63) is 47.3 Å². The quantitative estimate of drug-likeness (QED) is 0.938. The maximum Gasteiger partial charge on any atom is 0.354 e. The van der Waals surface area contributed by atoms with Crippen molar-refractivity contribution in [2.75, 3.05) is 11.4 Å². The summed E-state index contributed by atoms with van der Waals surface area (Å²) in [6.07, 6.45) is 2.23. The minimum absolute atomic E-state index is 0.262. The summed E-state index contributed by atoms with van der Waals surface area (Å²) in [6, 6.07) is 10.1. The zero-order chi connectivity index (χ0) is 14.8. The molecule has 2 heterocycles. The van der Waals surface area contributed by atoms with E-state index in [0.717, 1.165) is 25.1 Å². The van der Waals surface area contributed by atoms with Crippen molar-refractivity contribution in [2.45, 2.75) is 32.9 Å². The number of hydrogen-bond donors (Lipinski definition) is 1. The zero-order valence-electron chi connectivity index (χ0n) is 12.1. The van der Waals surface area contributed by atoms with Gasteiger partial charge in [-0.2, -0.15) is 5.10 Å². The van der Waals surface area contributed by atoms with Crippen molar-refractivity contribution in [1.29, 1.82) is 0 Å². The molecule has 0 radical (unpaired) electrons. The van der Waals surface area contributed by atoms with Crippen LogP contribution in [-0.2, 0) is 19.5 Å². The van der Waals surface area contributed by atoms with Crippen LogP contribution < -0.4 is 4.90 Å². The van der Waals surface area contributed by atoms with Gasteiger partial charge in [-0.15, -0.1) is 0 Å². The highest BCUT2D eigenvalue weighted by Gasteiger charge is 2.19. The number of hydrogen-bond acceptors (Lipinski definition) is 3. The molecule has 110 valence electrons. The summed E-state index contributed by atoms with van der Waals surface area (Å²) in [6.45, 7) is 4.11. The predicted octanol–water partition coefficient (Wildman–Crippen LogP) is 2.55. The monoisotopic (exact) mass is 285 g/mol. The SMILES string of the molecule is CCn1nc(CN2CCCc3ccccc32)cc1C(=O)O. The summed E-state index contributed by atoms with van der Waals surface area (Å²) in [5, 5.41) is 13.6. The van der Waals surface area contributed by atoms with E-state index in [1.54, 1.807) is 10.7 Å². The summed E-state index contributed by atoms with van der Waals surface area (Å²) in [5.41, 5.74) is 3.67. The molecule has 1 aliphatic heterocycles. The summed E-state index contributed by atoms with van der Waals surface area (Å²) in [7, 11) is 0. The van der Waals surface area contributed by atoms with Gasteiger partial charge in [-0.3, -0.25) is 4.68 Å². The number of carboxylic acids is 1. The Bertz CT molecular complexity index is 663. The summed E-state index contributed by atoms with van der Waals surface area (Å²) in [4.78, 5) is 13.5. The molecule has 0 saturated carbocycles. The number of aryl methyl sites for hydroxylation is 2. The van der Waals surface area contributed by atoms with Gasteiger partial charge in [-0.05, 0) is 37.5 Å². The highest BCUT2D eigenvalue weighted by Crippen LogP contribution is 2.27. The van der Waals surface area contributed by atoms with Crippen LogP contribution in [0.2, 0.25) is 0 Å². The number of aromatic carboxylic acids is 1. The van der Waals surface area contributed by atoms with Crippen LogP contribution >= 0.6 is 0 Å². The Morgan fingerprint density at radius 1 is 1.38 bits per heavy atom. The van der Waals surface area contributed by atoms with Crippen molar-refractivity contribution >= 4 is 11.7 Å². The van der Waals surface area contributed by atoms with E-state index in [4.69, 9.17) is 0 Å². The first-order chi connectivity index (χ1) is 10.2. The standard InChI is InChI=1S/C16H19N3O2/c1-2-19-15(16(20)21)10-13(17-19)11-18-9-5-7-12-6-3-4-8-14(12)18/h3-4,6,8,10H,2,5,7,9,11H2,1H3,(H,20,21). The lowest BCUT2D eigenvalue weighted by atomic mass is 10.0. The molecule has 0 aliphatic carbocycles. The maximum absolute atomic E-state index is 11.2. The number of aromatic nitrogens is 2. The molecular weight excluding hydrogens is 266 g/mol. The second kappa shape index (κ2) is 5.60. The smallest absolute Gasteiger partial charge is 0.354 e. The first-order valence-corrected chi connectivity index (χ1v) is 7.32. The molecule has 5 nitrogen and oxygen atoms in total. The third-order valence-corrected chi connectivity index (χ3v) is 3.91. The van der Waals surface area contributed by atoms with E-state index in [1.165, 1.54) is 11.3 Å². The number of carbonyl (C=O) groups is 1. The molecule has 2 aromatic rings. The van der Waals surface area contributed by atoms with E-state index >= 15 is 0 Å². The normalized spacial score (nSPS) is 14.0. The highest BCUT2D eigenvalue weighted by atomic mass is 16.4. The van der Waals surface area contributed by atoms with Crippen LogP contribution in [0.3, 0.4) is 0 Å². The van der Waals surface area contributed by atoms with Crippen LogP contribution in [-0.4, -0.2) is 27.4 Å². The van der Waals surface area contributed by atoms with Crippen molar-refractivity contribution in [2.24, 2.45) is 0 Å². The van der Waals surface area contributed by atoms with Crippen LogP contribution in [0, 0.1) is 0 Å². The fourth-order valence-electron chi connectivity index (χ4n) is 2.93. The van der Waals surface area contributed by atoms with Crippen LogP contribution in [0.4, 0.5) is 5.69 Å². The summed E-state index contributed by atoms with van der Waals surface area (Å²) < 4.78 is 1.55. The van der Waals surface area contributed by atoms with Gasteiger partial charge in [0.05, 0.1) is 12.2 Å². The Morgan fingerprint density at radius 3 is 2.90 bits per heavy atom. The molecule has 0 unspecified atom stereocenters. The Labute approximate surface area is 123 Å². The van der Waals surface area contributed by atoms with Crippen LogP contribution in [0.5, 0.6) is 0 Å². The van der Waals surface area contributed by atoms with Gasteiger partial charge in [0.2, 0.25) is 0 Å². The predicted molar refractivity (Wildman–Crippen MR) is 80.7 cm³/mol. The number of fused-ring (bicyclic) bond motifs is 1. The first-order valence-electron chi connectivity index (χ1n) is 7.32. The summed E-state index contributed by atoms with van der Waals surface area (Å²) >= 11 is 0. The number of carboxylic acid groups (broad SMARTS) is 1. The first kappa shape index (κ1) is 13.7. The average Bonchev–Trinajstić information content (AvgIpc) is 2.91. The molecule has 1 aromatic carbocycles. The van der Waals surface area contributed by atoms with Gasteiger partial charge in [0.25, 0.3) is 0 Å². The molecule has 0 fully saturated rings. The number of rotatable bonds is 4. The van der Waals surface area contributed by atoms with Gasteiger partial charge < -0.3 is 10.0 Å². The van der Waals surface area contributed by atoms with Gasteiger partial charge in [0.15, 0.2) is 0 Å². The van der Waals surface area contributed by atoms with E-state index in [0.29, 0.717) is 13.1 Å². The molecule has 0 spiro atoms. The Kier molecular flexibility index (Phi) is 3.64. The highest BCUT2D eigenvalue weighted by molar-refractivity contribution is 5.85. The van der Waals surface area contributed by atoms with Crippen molar-refractivity contribution in [3.8, 4) is 0 Å². The number of benzene rings is 1. The number of anilines is 1. The summed E-state index contributed by atoms with van der Waals surface area (Å²) in [5.74, 6) is -0.922. The Morgan fingerprint density at radius 2 is 2.19 bits per heavy atom. The molecule has 1 aromatic heterocycles. The third kappa shape index (κ3) is 2.63. The minimum Gasteiger partial charge on any atom is -0.477 e. The van der Waals surface area contributed by atoms with E-state index in [1.807, 2.05) is 13.0 Å². The zero-order valence-corrected chi connectivity index (χ0v) is 12.1. The lowest BCUT2D eigenvalue weighted by molar-refractivity contribution is 0.0683. The molecule has 3 rings (SSSR count). The lowest BCUT2D eigenvalue weighted by Gasteiger charge is -2.30. The second-order valence-corrected chi connectivity index (χ2v) is 5.30. The van der Waals surface area contributed by atoms with Crippen LogP contribution in [0.25, 0.3) is 0 Å². The average molecular weight is 285 g/mol. The molecule has 0 saturated heterocycles. The van der Waals surface area contributed by atoms with E-state index < -0.39 is 5.97 Å². The number of para-hydroxylation sites is 1. The van der Waals surface area contributed by atoms with E-state index in [9.17, 15) is 9.90 Å². The van der Waals surface area contributed by atoms with Gasteiger partial charge in [0.1, 0.15) is 5.69 Å². The lowest BCUT2D eigenvalue weighted by Crippen LogP contribution is -2.28. The largest absolute Gasteiger partial charge is 0.477 e. The molecule has 1 aliphatic rings. The minimum atomic E-state index is -0.922. The maximum atomic E-state index is 11.2. The molecule has 0 bridgehead atoms.